The molecule has 1 aromatic rings. The molecule has 19 heavy (non-hydrogen) atoms. The summed E-state index contributed by atoms with van der Waals surface area (Å²) in [5.74, 6) is 0.197. The number of hydrogen-bond acceptors (Lipinski definition) is 3. The normalized spacial score (nSPS) is 15.4. The second-order valence-electron chi connectivity index (χ2n) is 5.36. The molecule has 0 spiro atoms. The zero-order valence-corrected chi connectivity index (χ0v) is 12.5. The third-order valence-electron chi connectivity index (χ3n) is 2.69. The summed E-state index contributed by atoms with van der Waals surface area (Å²) in [6.07, 6.45) is -0.292. The van der Waals surface area contributed by atoms with Gasteiger partial charge in [0.1, 0.15) is 0 Å². The molecule has 108 valence electrons. The molecule has 5 heteroatoms. The monoisotopic (exact) mass is 285 g/mol. The molecule has 2 N–H and O–H groups in total. The van der Waals surface area contributed by atoms with E-state index in [0.717, 1.165) is 5.56 Å². The summed E-state index contributed by atoms with van der Waals surface area (Å²) >= 11 is 0. The average Bonchev–Trinajstić information content (AvgIpc) is 2.27. The molecule has 2 unspecified atom stereocenters. The van der Waals surface area contributed by atoms with E-state index in [9.17, 15) is 13.5 Å². The Balaban J connectivity index is 2.54. The summed E-state index contributed by atoms with van der Waals surface area (Å²) in [5.41, 5.74) is 0.803. The van der Waals surface area contributed by atoms with Crippen LogP contribution in [0.3, 0.4) is 0 Å². The van der Waals surface area contributed by atoms with E-state index in [1.165, 1.54) is 0 Å². The second-order valence-corrected chi connectivity index (χ2v) is 7.15. The Morgan fingerprint density at radius 3 is 2.26 bits per heavy atom. The van der Waals surface area contributed by atoms with E-state index in [-0.39, 0.29) is 17.7 Å². The molecule has 2 atom stereocenters. The molecule has 0 radical (unpaired) electrons. The summed E-state index contributed by atoms with van der Waals surface area (Å²) in [7, 11) is -3.27. The first-order valence-corrected chi connectivity index (χ1v) is 8.18. The predicted octanol–water partition coefficient (Wildman–Crippen LogP) is 2.07. The van der Waals surface area contributed by atoms with Gasteiger partial charge >= 0.3 is 0 Å². The van der Waals surface area contributed by atoms with Gasteiger partial charge in [-0.2, -0.15) is 0 Å². The highest BCUT2D eigenvalue weighted by Crippen LogP contribution is 2.18. The van der Waals surface area contributed by atoms with E-state index in [1.807, 2.05) is 44.2 Å². The van der Waals surface area contributed by atoms with Gasteiger partial charge in [-0.05, 0) is 24.8 Å². The minimum absolute atomic E-state index is 0.0868. The molecule has 0 bridgehead atoms. The minimum atomic E-state index is -3.27. The van der Waals surface area contributed by atoms with Crippen molar-refractivity contribution in [1.82, 2.24) is 4.72 Å². The molecule has 0 saturated carbocycles. The maximum absolute atomic E-state index is 11.8. The molecule has 0 saturated heterocycles. The van der Waals surface area contributed by atoms with Crippen molar-refractivity contribution in [2.45, 2.75) is 39.3 Å². The highest BCUT2D eigenvalue weighted by atomic mass is 32.2. The molecular formula is C14H23NO3S. The fourth-order valence-electron chi connectivity index (χ4n) is 1.99. The van der Waals surface area contributed by atoms with E-state index in [4.69, 9.17) is 0 Å². The molecule has 0 fully saturated rings. The highest BCUT2D eigenvalue weighted by Gasteiger charge is 2.19. The molecule has 1 rings (SSSR count). The number of benzene rings is 1. The zero-order chi connectivity index (χ0) is 14.5. The van der Waals surface area contributed by atoms with Crippen LogP contribution in [0.1, 0.15) is 38.9 Å². The predicted molar refractivity (Wildman–Crippen MR) is 77.2 cm³/mol. The van der Waals surface area contributed by atoms with Crippen molar-refractivity contribution < 1.29 is 13.5 Å². The highest BCUT2D eigenvalue weighted by molar-refractivity contribution is 7.89. The Morgan fingerprint density at radius 2 is 1.74 bits per heavy atom. The zero-order valence-electron chi connectivity index (χ0n) is 11.7. The number of hydrogen-bond donors (Lipinski definition) is 2. The summed E-state index contributed by atoms with van der Waals surface area (Å²) < 4.78 is 26.2. The van der Waals surface area contributed by atoms with Crippen LogP contribution in [0.4, 0.5) is 0 Å². The lowest BCUT2D eigenvalue weighted by atomic mass is 10.0. The van der Waals surface area contributed by atoms with Gasteiger partial charge < -0.3 is 5.11 Å². The van der Waals surface area contributed by atoms with Crippen LogP contribution in [0, 0.1) is 5.92 Å². The van der Waals surface area contributed by atoms with Gasteiger partial charge in [0, 0.05) is 6.04 Å². The lowest BCUT2D eigenvalue weighted by Gasteiger charge is -2.18. The molecule has 0 aliphatic rings. The van der Waals surface area contributed by atoms with Gasteiger partial charge in [-0.1, -0.05) is 44.2 Å². The van der Waals surface area contributed by atoms with E-state index in [2.05, 4.69) is 4.72 Å². The van der Waals surface area contributed by atoms with E-state index in [1.54, 1.807) is 6.92 Å². The third kappa shape index (κ3) is 6.18. The molecular weight excluding hydrogens is 262 g/mol. The summed E-state index contributed by atoms with van der Waals surface area (Å²) in [6, 6.07) is 8.96. The molecule has 0 aliphatic heterocycles. The molecule has 0 aliphatic carbocycles. The smallest absolute Gasteiger partial charge is 0.212 e. The van der Waals surface area contributed by atoms with Gasteiger partial charge in [0.15, 0.2) is 0 Å². The number of rotatable bonds is 7. The van der Waals surface area contributed by atoms with Crippen molar-refractivity contribution in [3.63, 3.8) is 0 Å². The third-order valence-corrected chi connectivity index (χ3v) is 4.56. The Bertz CT molecular complexity index is 471. The van der Waals surface area contributed by atoms with Crippen molar-refractivity contribution in [2.24, 2.45) is 5.92 Å². The fourth-order valence-corrected chi connectivity index (χ4v) is 3.67. The van der Waals surface area contributed by atoms with Crippen molar-refractivity contribution in [3.8, 4) is 0 Å². The van der Waals surface area contributed by atoms with Gasteiger partial charge in [-0.3, -0.25) is 0 Å². The number of nitrogens with one attached hydrogen (secondary N) is 1. The molecule has 0 aromatic heterocycles. The minimum Gasteiger partial charge on any atom is -0.388 e. The molecule has 0 amide bonds. The maximum atomic E-state index is 11.8. The average molecular weight is 285 g/mol. The van der Waals surface area contributed by atoms with Crippen LogP contribution in [0.2, 0.25) is 0 Å². The Hall–Kier alpha value is -0.910. The van der Waals surface area contributed by atoms with Crippen LogP contribution in [0.5, 0.6) is 0 Å². The van der Waals surface area contributed by atoms with Crippen molar-refractivity contribution >= 4 is 10.0 Å². The number of sulfonamides is 1. The van der Waals surface area contributed by atoms with E-state index < -0.39 is 16.1 Å². The van der Waals surface area contributed by atoms with Crippen molar-refractivity contribution in [2.75, 3.05) is 5.75 Å². The van der Waals surface area contributed by atoms with Crippen LogP contribution < -0.4 is 4.72 Å². The van der Waals surface area contributed by atoms with Gasteiger partial charge in [0.25, 0.3) is 0 Å². The second kappa shape index (κ2) is 7.03. The number of aliphatic hydroxyl groups excluding tert-OH is 1. The molecule has 4 nitrogen and oxygen atoms in total. The van der Waals surface area contributed by atoms with Crippen LogP contribution >= 0.6 is 0 Å². The molecule has 1 aromatic carbocycles. The lowest BCUT2D eigenvalue weighted by Crippen LogP contribution is -2.36. The van der Waals surface area contributed by atoms with Gasteiger partial charge in [-0.25, -0.2) is 13.1 Å². The Morgan fingerprint density at radius 1 is 1.16 bits per heavy atom. The summed E-state index contributed by atoms with van der Waals surface area (Å²) in [4.78, 5) is 0. The number of aliphatic hydroxyl groups is 1. The van der Waals surface area contributed by atoms with Crippen LogP contribution in [0.15, 0.2) is 30.3 Å². The first-order valence-electron chi connectivity index (χ1n) is 6.53. The summed E-state index contributed by atoms with van der Waals surface area (Å²) in [5, 5.41) is 10.0. The van der Waals surface area contributed by atoms with Crippen LogP contribution in [0.25, 0.3) is 0 Å². The largest absolute Gasteiger partial charge is 0.388 e. The van der Waals surface area contributed by atoms with Crippen LogP contribution in [-0.4, -0.2) is 25.3 Å². The standard InChI is InChI=1S/C14H23NO3S/c1-11(2)10-19(17,18)15-12(3)9-14(16)13-7-5-4-6-8-13/h4-8,11-12,14-16H,9-10H2,1-3H3. The maximum Gasteiger partial charge on any atom is 0.212 e. The fraction of sp³-hybridized carbons (Fsp3) is 0.571. The lowest BCUT2D eigenvalue weighted by molar-refractivity contribution is 0.158. The molecule has 0 heterocycles. The van der Waals surface area contributed by atoms with Crippen molar-refractivity contribution in [3.05, 3.63) is 35.9 Å². The first-order chi connectivity index (χ1) is 8.80. The van der Waals surface area contributed by atoms with Gasteiger partial charge in [-0.15, -0.1) is 0 Å². The van der Waals surface area contributed by atoms with Crippen LogP contribution in [-0.2, 0) is 10.0 Å². The Kier molecular flexibility index (Phi) is 5.97. The van der Waals surface area contributed by atoms with Gasteiger partial charge in [0.2, 0.25) is 10.0 Å². The van der Waals surface area contributed by atoms with E-state index >= 15 is 0 Å². The van der Waals surface area contributed by atoms with Gasteiger partial charge in [0.05, 0.1) is 11.9 Å². The first kappa shape index (κ1) is 16.1. The van der Waals surface area contributed by atoms with E-state index in [0.29, 0.717) is 6.42 Å². The quantitative estimate of drug-likeness (QED) is 0.806. The summed E-state index contributed by atoms with van der Waals surface area (Å²) in [6.45, 7) is 5.50. The Labute approximate surface area is 115 Å². The van der Waals surface area contributed by atoms with Crippen molar-refractivity contribution in [1.29, 1.82) is 0 Å². The SMILES string of the molecule is CC(C)CS(=O)(=O)NC(C)CC(O)c1ccccc1. The topological polar surface area (TPSA) is 66.4 Å².